The summed E-state index contributed by atoms with van der Waals surface area (Å²) in [5.41, 5.74) is 3.92. The Labute approximate surface area is 265 Å². The summed E-state index contributed by atoms with van der Waals surface area (Å²) in [6, 6.07) is 29.2. The first-order valence-corrected chi connectivity index (χ1v) is 16.3. The van der Waals surface area contributed by atoms with Crippen LogP contribution in [0.25, 0.3) is 0 Å². The summed E-state index contributed by atoms with van der Waals surface area (Å²) in [6.07, 6.45) is 0.244. The molecular formula is C35H38ClN3O4S. The lowest BCUT2D eigenvalue weighted by Crippen LogP contribution is -2.53. The Morgan fingerprint density at radius 1 is 0.818 bits per heavy atom. The number of nitrogens with zero attached hydrogens (tertiary/aromatic N) is 2. The molecule has 4 aromatic carbocycles. The number of aryl methyl sites for hydroxylation is 1. The zero-order valence-corrected chi connectivity index (χ0v) is 27.0. The number of hydrogen-bond donors (Lipinski definition) is 1. The van der Waals surface area contributed by atoms with Crippen molar-refractivity contribution in [3.63, 3.8) is 0 Å². The Hall–Kier alpha value is -4.14. The molecule has 44 heavy (non-hydrogen) atoms. The molecule has 0 fully saturated rings. The molecule has 0 spiro atoms. The van der Waals surface area contributed by atoms with Gasteiger partial charge < -0.3 is 10.2 Å². The Bertz CT molecular complexity index is 1660. The zero-order valence-electron chi connectivity index (χ0n) is 25.4. The van der Waals surface area contributed by atoms with Crippen molar-refractivity contribution in [1.29, 1.82) is 0 Å². The number of sulfonamides is 1. The van der Waals surface area contributed by atoms with Crippen LogP contribution in [0.2, 0.25) is 5.02 Å². The van der Waals surface area contributed by atoms with Gasteiger partial charge in [0.2, 0.25) is 11.8 Å². The number of anilines is 1. The van der Waals surface area contributed by atoms with Crippen LogP contribution in [0.5, 0.6) is 0 Å². The first-order valence-electron chi connectivity index (χ1n) is 14.5. The molecule has 0 aromatic heterocycles. The van der Waals surface area contributed by atoms with Crippen molar-refractivity contribution in [3.05, 3.63) is 130 Å². The Morgan fingerprint density at radius 2 is 1.43 bits per heavy atom. The number of rotatable bonds is 12. The SMILES string of the molecule is CNC(=O)[C@H](Cc1ccccc1)N(Cc1ccc(Cl)cc1)C(=O)CN(c1ccc(C(C)C)cc1)S(=O)(=O)c1ccc(C)cc1. The highest BCUT2D eigenvalue weighted by molar-refractivity contribution is 7.92. The van der Waals surface area contributed by atoms with E-state index < -0.39 is 28.5 Å². The third kappa shape index (κ3) is 8.07. The van der Waals surface area contributed by atoms with Crippen molar-refractivity contribution in [1.82, 2.24) is 10.2 Å². The summed E-state index contributed by atoms with van der Waals surface area (Å²) in [7, 11) is -2.63. The predicted octanol–water partition coefficient (Wildman–Crippen LogP) is 6.35. The summed E-state index contributed by atoms with van der Waals surface area (Å²) in [5, 5.41) is 3.23. The summed E-state index contributed by atoms with van der Waals surface area (Å²) < 4.78 is 29.4. The van der Waals surface area contributed by atoms with Crippen LogP contribution in [0.15, 0.2) is 108 Å². The number of amides is 2. The van der Waals surface area contributed by atoms with Crippen LogP contribution in [0.1, 0.15) is 42.0 Å². The van der Waals surface area contributed by atoms with E-state index in [0.29, 0.717) is 10.7 Å². The number of benzene rings is 4. The maximum absolute atomic E-state index is 14.4. The lowest BCUT2D eigenvalue weighted by atomic mass is 10.0. The van der Waals surface area contributed by atoms with E-state index in [0.717, 1.165) is 26.6 Å². The van der Waals surface area contributed by atoms with E-state index in [4.69, 9.17) is 11.6 Å². The fourth-order valence-corrected chi connectivity index (χ4v) is 6.44. The lowest BCUT2D eigenvalue weighted by molar-refractivity contribution is -0.139. The van der Waals surface area contributed by atoms with E-state index in [2.05, 4.69) is 19.2 Å². The van der Waals surface area contributed by atoms with Crippen molar-refractivity contribution in [3.8, 4) is 0 Å². The molecule has 0 saturated carbocycles. The van der Waals surface area contributed by atoms with Gasteiger partial charge in [0.05, 0.1) is 10.6 Å². The molecule has 0 aliphatic heterocycles. The van der Waals surface area contributed by atoms with Gasteiger partial charge in [-0.15, -0.1) is 0 Å². The molecule has 0 saturated heterocycles. The number of likely N-dealkylation sites (N-methyl/N-ethyl adjacent to an activating group) is 1. The van der Waals surface area contributed by atoms with Crippen LogP contribution < -0.4 is 9.62 Å². The molecule has 0 heterocycles. The first-order chi connectivity index (χ1) is 21.0. The fraction of sp³-hybridized carbons (Fsp3) is 0.257. The van der Waals surface area contributed by atoms with Crippen molar-refractivity contribution in [2.24, 2.45) is 0 Å². The van der Waals surface area contributed by atoms with Crippen LogP contribution in [-0.4, -0.2) is 44.8 Å². The van der Waals surface area contributed by atoms with Crippen LogP contribution >= 0.6 is 11.6 Å². The van der Waals surface area contributed by atoms with Gasteiger partial charge in [-0.25, -0.2) is 8.42 Å². The molecule has 0 aliphatic rings. The average Bonchev–Trinajstić information content (AvgIpc) is 3.02. The molecule has 1 N–H and O–H groups in total. The second kappa shape index (κ2) is 14.6. The Balaban J connectivity index is 1.79. The normalized spacial score (nSPS) is 12.0. The molecule has 0 radical (unpaired) electrons. The van der Waals surface area contributed by atoms with Gasteiger partial charge in [0.25, 0.3) is 10.0 Å². The van der Waals surface area contributed by atoms with E-state index in [9.17, 15) is 18.0 Å². The van der Waals surface area contributed by atoms with Crippen LogP contribution in [0.3, 0.4) is 0 Å². The second-order valence-corrected chi connectivity index (χ2v) is 13.3. The minimum absolute atomic E-state index is 0.0697. The predicted molar refractivity (Wildman–Crippen MR) is 176 cm³/mol. The topological polar surface area (TPSA) is 86.8 Å². The largest absolute Gasteiger partial charge is 0.357 e. The monoisotopic (exact) mass is 631 g/mol. The maximum atomic E-state index is 14.4. The third-order valence-electron chi connectivity index (χ3n) is 7.52. The number of nitrogens with one attached hydrogen (secondary N) is 1. The minimum Gasteiger partial charge on any atom is -0.357 e. The molecule has 2 amide bonds. The molecule has 1 atom stereocenters. The van der Waals surface area contributed by atoms with Gasteiger partial charge in [0, 0.05) is 25.0 Å². The standard InChI is InChI=1S/C35H38ClN3O4S/c1-25(2)29-14-18-31(19-15-29)39(44(42,43)32-20-10-26(3)11-21-32)24-34(40)38(23-28-12-16-30(36)17-13-28)33(35(41)37-4)22-27-8-6-5-7-9-27/h5-21,25,33H,22-24H2,1-4H3,(H,37,41)/t33-/m0/s1. The highest BCUT2D eigenvalue weighted by Gasteiger charge is 2.34. The summed E-state index contributed by atoms with van der Waals surface area (Å²) in [4.78, 5) is 29.3. The quantitative estimate of drug-likeness (QED) is 0.197. The highest BCUT2D eigenvalue weighted by atomic mass is 35.5. The van der Waals surface area contributed by atoms with E-state index in [-0.39, 0.29) is 29.7 Å². The molecule has 4 aromatic rings. The highest BCUT2D eigenvalue weighted by Crippen LogP contribution is 2.27. The molecule has 0 bridgehead atoms. The zero-order chi connectivity index (χ0) is 31.9. The third-order valence-corrected chi connectivity index (χ3v) is 9.56. The van der Waals surface area contributed by atoms with Gasteiger partial charge in [0.1, 0.15) is 12.6 Å². The summed E-state index contributed by atoms with van der Waals surface area (Å²) >= 11 is 6.12. The van der Waals surface area contributed by atoms with Crippen LogP contribution in [0, 0.1) is 6.92 Å². The van der Waals surface area contributed by atoms with Crippen LogP contribution in [0.4, 0.5) is 5.69 Å². The van der Waals surface area contributed by atoms with Crippen molar-refractivity contribution >= 4 is 39.1 Å². The van der Waals surface area contributed by atoms with E-state index in [1.54, 1.807) is 60.7 Å². The van der Waals surface area contributed by atoms with Gasteiger partial charge >= 0.3 is 0 Å². The van der Waals surface area contributed by atoms with Gasteiger partial charge in [0.15, 0.2) is 0 Å². The summed E-state index contributed by atoms with van der Waals surface area (Å²) in [6.45, 7) is 5.56. The van der Waals surface area contributed by atoms with Gasteiger partial charge in [-0.05, 0) is 65.9 Å². The average molecular weight is 632 g/mol. The number of halogens is 1. The van der Waals surface area contributed by atoms with Gasteiger partial charge in [-0.2, -0.15) is 0 Å². The van der Waals surface area contributed by atoms with E-state index in [1.807, 2.05) is 49.4 Å². The maximum Gasteiger partial charge on any atom is 0.264 e. The first kappa shape index (κ1) is 32.8. The molecule has 0 aliphatic carbocycles. The van der Waals surface area contributed by atoms with E-state index in [1.165, 1.54) is 11.9 Å². The Kier molecular flexibility index (Phi) is 10.8. The van der Waals surface area contributed by atoms with Gasteiger partial charge in [-0.3, -0.25) is 13.9 Å². The minimum atomic E-state index is -4.15. The summed E-state index contributed by atoms with van der Waals surface area (Å²) in [5.74, 6) is -0.632. The smallest absolute Gasteiger partial charge is 0.264 e. The molecule has 9 heteroatoms. The lowest BCUT2D eigenvalue weighted by Gasteiger charge is -2.33. The van der Waals surface area contributed by atoms with Crippen molar-refractivity contribution in [2.75, 3.05) is 17.9 Å². The molecule has 0 unspecified atom stereocenters. The second-order valence-electron chi connectivity index (χ2n) is 11.0. The van der Waals surface area contributed by atoms with E-state index >= 15 is 0 Å². The molecular weight excluding hydrogens is 594 g/mol. The van der Waals surface area contributed by atoms with Crippen molar-refractivity contribution < 1.29 is 18.0 Å². The number of carbonyl (C=O) groups is 2. The molecule has 4 rings (SSSR count). The number of hydrogen-bond acceptors (Lipinski definition) is 4. The Morgan fingerprint density at radius 3 is 2.00 bits per heavy atom. The van der Waals surface area contributed by atoms with Crippen molar-refractivity contribution in [2.45, 2.75) is 50.6 Å². The molecule has 7 nitrogen and oxygen atoms in total. The number of carbonyl (C=O) groups excluding carboxylic acids is 2. The van der Waals surface area contributed by atoms with Crippen LogP contribution in [-0.2, 0) is 32.6 Å². The molecule has 230 valence electrons. The van der Waals surface area contributed by atoms with Gasteiger partial charge in [-0.1, -0.05) is 97.7 Å². The fourth-order valence-electron chi connectivity index (χ4n) is 4.90.